The number of benzene rings is 2. The Morgan fingerprint density at radius 1 is 0.966 bits per heavy atom. The Hall–Kier alpha value is -2.37. The standard InChI is InChI=1S/C24H26NO4/c1-25(2)19-11-14(12-20(25)16-13-15(16)19)28-23(26)24(27)17-7-3-5-9-21(17)29-22-10-6-4-8-18(22)24/h3-10,14-16,19-20,27H,11-13H2,1-2H3/q+1/t14?,15-,16?,19?,20?/m0/s1. The molecule has 4 unspecified atom stereocenters. The minimum absolute atomic E-state index is 0.136. The zero-order valence-electron chi connectivity index (χ0n) is 16.7. The molecule has 2 saturated heterocycles. The minimum atomic E-state index is -1.85. The Morgan fingerprint density at radius 2 is 1.48 bits per heavy atom. The van der Waals surface area contributed by atoms with E-state index in [-0.39, 0.29) is 6.10 Å². The van der Waals surface area contributed by atoms with Gasteiger partial charge in [0.2, 0.25) is 5.60 Å². The fraction of sp³-hybridized carbons (Fsp3) is 0.458. The highest BCUT2D eigenvalue weighted by Crippen LogP contribution is 2.61. The third kappa shape index (κ3) is 2.26. The van der Waals surface area contributed by atoms with Crippen molar-refractivity contribution in [3.63, 3.8) is 0 Å². The number of rotatable bonds is 2. The van der Waals surface area contributed by atoms with Gasteiger partial charge in [-0.1, -0.05) is 36.4 Å². The first-order valence-corrected chi connectivity index (χ1v) is 10.5. The van der Waals surface area contributed by atoms with Gasteiger partial charge in [-0.2, -0.15) is 0 Å². The largest absolute Gasteiger partial charge is 0.459 e. The lowest BCUT2D eigenvalue weighted by atomic mass is 9.83. The van der Waals surface area contributed by atoms with E-state index in [1.54, 1.807) is 24.3 Å². The van der Waals surface area contributed by atoms with Gasteiger partial charge in [0.1, 0.15) is 17.6 Å². The van der Waals surface area contributed by atoms with Crippen molar-refractivity contribution in [2.45, 2.75) is 43.1 Å². The lowest BCUT2D eigenvalue weighted by Crippen LogP contribution is -2.59. The molecule has 3 heterocycles. The molecule has 5 atom stereocenters. The van der Waals surface area contributed by atoms with Crippen LogP contribution in [0.5, 0.6) is 11.5 Å². The summed E-state index contributed by atoms with van der Waals surface area (Å²) in [6.07, 6.45) is 2.96. The van der Waals surface area contributed by atoms with E-state index in [0.29, 0.717) is 34.7 Å². The summed E-state index contributed by atoms with van der Waals surface area (Å²) >= 11 is 0. The first-order chi connectivity index (χ1) is 13.9. The quantitative estimate of drug-likeness (QED) is 0.630. The second-order valence-corrected chi connectivity index (χ2v) is 9.63. The van der Waals surface area contributed by atoms with Crippen LogP contribution in [0.25, 0.3) is 0 Å². The lowest BCUT2D eigenvalue weighted by Gasteiger charge is -2.46. The SMILES string of the molecule is C[N+]1(C)C2CC(OC(=O)C3(O)c4ccccc4Oc4ccccc43)CC1[C@H]1CC21. The van der Waals surface area contributed by atoms with Crippen molar-refractivity contribution >= 4 is 5.97 Å². The van der Waals surface area contributed by atoms with Crippen LogP contribution < -0.4 is 4.74 Å². The number of aliphatic hydroxyl groups is 1. The Kier molecular flexibility index (Phi) is 3.38. The average Bonchev–Trinajstić information content (AvgIpc) is 3.46. The summed E-state index contributed by atoms with van der Waals surface area (Å²) in [6, 6.07) is 15.4. The number of quaternary nitrogens is 1. The van der Waals surface area contributed by atoms with Gasteiger partial charge in [-0.15, -0.1) is 0 Å². The number of fused-ring (bicyclic) bond motifs is 7. The summed E-state index contributed by atoms with van der Waals surface area (Å²) < 4.78 is 13.0. The maximum atomic E-state index is 13.5. The van der Waals surface area contributed by atoms with E-state index in [1.165, 1.54) is 6.42 Å². The molecule has 0 amide bonds. The van der Waals surface area contributed by atoms with Gasteiger partial charge in [0, 0.05) is 35.8 Å². The van der Waals surface area contributed by atoms with Gasteiger partial charge >= 0.3 is 5.97 Å². The number of nitrogens with zero attached hydrogens (tertiary/aromatic N) is 1. The zero-order valence-corrected chi connectivity index (χ0v) is 16.7. The van der Waals surface area contributed by atoms with Crippen LogP contribution >= 0.6 is 0 Å². The molecule has 4 aliphatic rings. The van der Waals surface area contributed by atoms with Gasteiger partial charge in [0.05, 0.1) is 26.2 Å². The van der Waals surface area contributed by atoms with Crippen LogP contribution in [0.1, 0.15) is 30.4 Å². The topological polar surface area (TPSA) is 55.8 Å². The molecule has 1 aliphatic carbocycles. The predicted octanol–water partition coefficient (Wildman–Crippen LogP) is 3.20. The summed E-state index contributed by atoms with van der Waals surface area (Å²) in [4.78, 5) is 13.5. The van der Waals surface area contributed by atoms with Gasteiger partial charge < -0.3 is 19.1 Å². The minimum Gasteiger partial charge on any atom is -0.459 e. The molecule has 5 nitrogen and oxygen atoms in total. The molecular formula is C24H26NO4+. The van der Waals surface area contributed by atoms with E-state index >= 15 is 0 Å². The Morgan fingerprint density at radius 3 is 2.03 bits per heavy atom. The van der Waals surface area contributed by atoms with Crippen LogP contribution in [0.2, 0.25) is 0 Å². The van der Waals surface area contributed by atoms with Gasteiger partial charge in [-0.25, -0.2) is 4.79 Å². The van der Waals surface area contributed by atoms with Crippen molar-refractivity contribution < 1.29 is 23.9 Å². The zero-order chi connectivity index (χ0) is 20.0. The monoisotopic (exact) mass is 392 g/mol. The third-order valence-electron chi connectivity index (χ3n) is 7.94. The Balaban J connectivity index is 1.34. The number of hydrogen-bond acceptors (Lipinski definition) is 4. The van der Waals surface area contributed by atoms with Gasteiger partial charge in [-0.05, 0) is 18.6 Å². The second kappa shape index (κ2) is 5.61. The molecule has 0 aromatic heterocycles. The highest BCUT2D eigenvalue weighted by atomic mass is 16.6. The van der Waals surface area contributed by atoms with Crippen molar-refractivity contribution in [1.29, 1.82) is 0 Å². The van der Waals surface area contributed by atoms with Crippen molar-refractivity contribution in [3.8, 4) is 11.5 Å². The van der Waals surface area contributed by atoms with E-state index in [9.17, 15) is 9.90 Å². The van der Waals surface area contributed by atoms with Gasteiger partial charge in [0.15, 0.2) is 0 Å². The smallest absolute Gasteiger partial charge is 0.348 e. The number of ether oxygens (including phenoxy) is 2. The summed E-state index contributed by atoms with van der Waals surface area (Å²) in [6.45, 7) is 0. The molecule has 1 saturated carbocycles. The first kappa shape index (κ1) is 17.5. The molecular weight excluding hydrogens is 366 g/mol. The first-order valence-electron chi connectivity index (χ1n) is 10.5. The molecule has 3 aliphatic heterocycles. The third-order valence-corrected chi connectivity index (χ3v) is 7.94. The van der Waals surface area contributed by atoms with Crippen molar-refractivity contribution in [2.24, 2.45) is 11.8 Å². The van der Waals surface area contributed by atoms with E-state index in [4.69, 9.17) is 9.47 Å². The molecule has 2 aromatic rings. The predicted molar refractivity (Wildman–Crippen MR) is 106 cm³/mol. The maximum absolute atomic E-state index is 13.5. The fourth-order valence-electron chi connectivity index (χ4n) is 6.41. The molecule has 150 valence electrons. The molecule has 2 bridgehead atoms. The Bertz CT molecular complexity index is 950. The van der Waals surface area contributed by atoms with Crippen LogP contribution in [-0.4, -0.2) is 47.8 Å². The van der Waals surface area contributed by atoms with Gasteiger partial charge in [-0.3, -0.25) is 0 Å². The van der Waals surface area contributed by atoms with Gasteiger partial charge in [0.25, 0.3) is 0 Å². The van der Waals surface area contributed by atoms with Crippen molar-refractivity contribution in [3.05, 3.63) is 59.7 Å². The average molecular weight is 392 g/mol. The molecule has 3 fully saturated rings. The molecule has 29 heavy (non-hydrogen) atoms. The molecule has 5 heteroatoms. The van der Waals surface area contributed by atoms with E-state index in [2.05, 4.69) is 14.1 Å². The van der Waals surface area contributed by atoms with Crippen LogP contribution in [0.3, 0.4) is 0 Å². The van der Waals surface area contributed by atoms with E-state index in [0.717, 1.165) is 29.2 Å². The molecule has 2 aromatic carbocycles. The Labute approximate surface area is 170 Å². The summed E-state index contributed by atoms with van der Waals surface area (Å²) in [5.74, 6) is 1.96. The molecule has 0 spiro atoms. The number of carbonyl (C=O) groups excluding carboxylic acids is 1. The normalized spacial score (nSPS) is 34.2. The van der Waals surface area contributed by atoms with Crippen LogP contribution in [0, 0.1) is 11.8 Å². The number of piperidine rings is 2. The van der Waals surface area contributed by atoms with Crippen LogP contribution in [-0.2, 0) is 15.1 Å². The fourth-order valence-corrected chi connectivity index (χ4v) is 6.41. The molecule has 1 N–H and O–H groups in total. The highest BCUT2D eigenvalue weighted by molar-refractivity contribution is 5.88. The summed E-state index contributed by atoms with van der Waals surface area (Å²) in [5, 5.41) is 11.7. The van der Waals surface area contributed by atoms with E-state index < -0.39 is 11.6 Å². The maximum Gasteiger partial charge on any atom is 0.348 e. The van der Waals surface area contributed by atoms with E-state index in [1.807, 2.05) is 24.3 Å². The number of carbonyl (C=O) groups is 1. The lowest BCUT2D eigenvalue weighted by molar-refractivity contribution is -0.937. The highest BCUT2D eigenvalue weighted by Gasteiger charge is 2.68. The number of hydrogen-bond donors (Lipinski definition) is 1. The van der Waals surface area contributed by atoms with Crippen LogP contribution in [0.4, 0.5) is 0 Å². The second-order valence-electron chi connectivity index (χ2n) is 9.63. The number of esters is 1. The number of para-hydroxylation sites is 2. The van der Waals surface area contributed by atoms with Crippen molar-refractivity contribution in [1.82, 2.24) is 0 Å². The molecule has 0 radical (unpaired) electrons. The van der Waals surface area contributed by atoms with Crippen LogP contribution in [0.15, 0.2) is 48.5 Å². The summed E-state index contributed by atoms with van der Waals surface area (Å²) in [5.41, 5.74) is -0.960. The molecule has 6 rings (SSSR count). The van der Waals surface area contributed by atoms with Crippen molar-refractivity contribution in [2.75, 3.05) is 14.1 Å². The summed E-state index contributed by atoms with van der Waals surface area (Å²) in [7, 11) is 4.63.